The Bertz CT molecular complexity index is 1430. The first-order valence-corrected chi connectivity index (χ1v) is 15.7. The fraction of sp³-hybridized carbons (Fsp3) is 0.533. The summed E-state index contributed by atoms with van der Waals surface area (Å²) in [6.07, 6.45) is 9.60. The molecule has 4 fully saturated rings. The number of aromatic nitrogens is 3. The summed E-state index contributed by atoms with van der Waals surface area (Å²) >= 11 is 1.82. The van der Waals surface area contributed by atoms with E-state index in [0.29, 0.717) is 24.2 Å². The highest BCUT2D eigenvalue weighted by molar-refractivity contribution is 8.01. The maximum Gasteiger partial charge on any atom is 0.250 e. The molecule has 1 atom stereocenters. The third-order valence-electron chi connectivity index (χ3n) is 9.52. The Kier molecular flexibility index (Phi) is 5.93. The van der Waals surface area contributed by atoms with Gasteiger partial charge in [0.25, 0.3) is 0 Å². The predicted octanol–water partition coefficient (Wildman–Crippen LogP) is 5.07. The number of hydrogen-bond acceptors (Lipinski definition) is 9. The average molecular weight is 558 g/mol. The number of pyridine rings is 1. The lowest BCUT2D eigenvalue weighted by Crippen LogP contribution is -2.46. The molecule has 0 radical (unpaired) electrons. The second-order valence-corrected chi connectivity index (χ2v) is 13.4. The number of carbonyl (C=O) groups is 1. The second kappa shape index (κ2) is 9.68. The number of benzene rings is 1. The fourth-order valence-electron chi connectivity index (χ4n) is 6.95. The number of piperidine rings is 2. The SMILES string of the molecule is O=C1C2CCCN(C2)c2cc(ccn2)-c2nnc(o2)-c2ccc(NSC3CC3)cc2N2CCC3(CCN1C3)CC2. The number of fused-ring (bicyclic) bond motifs is 2. The lowest BCUT2D eigenvalue weighted by atomic mass is 9.77. The first-order chi connectivity index (χ1) is 19.6. The molecule has 1 amide bonds. The smallest absolute Gasteiger partial charge is 0.250 e. The van der Waals surface area contributed by atoms with E-state index < -0.39 is 0 Å². The second-order valence-electron chi connectivity index (χ2n) is 12.2. The van der Waals surface area contributed by atoms with Crippen molar-refractivity contribution in [1.82, 2.24) is 20.1 Å². The van der Waals surface area contributed by atoms with E-state index in [1.54, 1.807) is 6.20 Å². The van der Waals surface area contributed by atoms with Crippen molar-refractivity contribution in [1.29, 1.82) is 0 Å². The fourth-order valence-corrected chi connectivity index (χ4v) is 7.75. The Morgan fingerprint density at radius 1 is 0.925 bits per heavy atom. The summed E-state index contributed by atoms with van der Waals surface area (Å²) in [6.45, 7) is 5.31. The maximum atomic E-state index is 13.7. The number of nitrogens with one attached hydrogen (secondary N) is 1. The van der Waals surface area contributed by atoms with Gasteiger partial charge in [0.2, 0.25) is 17.7 Å². The van der Waals surface area contributed by atoms with E-state index in [9.17, 15) is 4.79 Å². The molecule has 1 saturated carbocycles. The van der Waals surface area contributed by atoms with Crippen LogP contribution in [0.2, 0.25) is 0 Å². The number of nitrogens with zero attached hydrogens (tertiary/aromatic N) is 6. The summed E-state index contributed by atoms with van der Waals surface area (Å²) in [7, 11) is 0. The van der Waals surface area contributed by atoms with Crippen LogP contribution < -0.4 is 14.5 Å². The van der Waals surface area contributed by atoms with Gasteiger partial charge >= 0.3 is 0 Å². The zero-order chi connectivity index (χ0) is 26.7. The van der Waals surface area contributed by atoms with Gasteiger partial charge in [-0.15, -0.1) is 10.2 Å². The van der Waals surface area contributed by atoms with Crippen molar-refractivity contribution < 1.29 is 9.21 Å². The van der Waals surface area contributed by atoms with Crippen molar-refractivity contribution in [3.8, 4) is 22.9 Å². The van der Waals surface area contributed by atoms with Gasteiger partial charge in [0.15, 0.2) is 0 Å². The Labute approximate surface area is 238 Å². The number of carbonyl (C=O) groups excluding carboxylic acids is 1. The topological polar surface area (TPSA) is 90.6 Å². The molecule has 5 aliphatic heterocycles. The summed E-state index contributed by atoms with van der Waals surface area (Å²) < 4.78 is 9.90. The third kappa shape index (κ3) is 4.50. The Balaban J connectivity index is 1.19. The molecule has 10 heteroatoms. The van der Waals surface area contributed by atoms with Crippen LogP contribution in [0.4, 0.5) is 17.2 Å². The van der Waals surface area contributed by atoms with Gasteiger partial charge in [-0.3, -0.25) is 4.79 Å². The maximum absolute atomic E-state index is 13.7. The zero-order valence-electron chi connectivity index (χ0n) is 22.7. The van der Waals surface area contributed by atoms with Gasteiger partial charge in [-0.1, -0.05) is 0 Å². The Morgan fingerprint density at radius 2 is 1.75 bits per heavy atom. The quantitative estimate of drug-likeness (QED) is 0.443. The van der Waals surface area contributed by atoms with Crippen LogP contribution in [0.15, 0.2) is 40.9 Å². The molecule has 1 unspecified atom stereocenters. The summed E-state index contributed by atoms with van der Waals surface area (Å²) in [4.78, 5) is 25.3. The van der Waals surface area contributed by atoms with Gasteiger partial charge in [0.05, 0.1) is 17.2 Å². The molecule has 9 rings (SSSR count). The van der Waals surface area contributed by atoms with Crippen LogP contribution in [0.5, 0.6) is 0 Å². The van der Waals surface area contributed by atoms with E-state index >= 15 is 0 Å². The minimum absolute atomic E-state index is 0.0228. The lowest BCUT2D eigenvalue weighted by molar-refractivity contribution is -0.135. The number of anilines is 3. The molecular weight excluding hydrogens is 522 g/mol. The van der Waals surface area contributed by atoms with E-state index in [-0.39, 0.29) is 11.3 Å². The summed E-state index contributed by atoms with van der Waals surface area (Å²) in [6, 6.07) is 10.4. The van der Waals surface area contributed by atoms with Crippen LogP contribution in [0.3, 0.4) is 0 Å². The normalized spacial score (nSPS) is 25.9. The highest BCUT2D eigenvalue weighted by atomic mass is 32.2. The van der Waals surface area contributed by atoms with Crippen molar-refractivity contribution >= 4 is 35.0 Å². The third-order valence-corrected chi connectivity index (χ3v) is 10.7. The van der Waals surface area contributed by atoms with E-state index in [4.69, 9.17) is 4.42 Å². The van der Waals surface area contributed by atoms with Crippen molar-refractivity contribution in [3.05, 3.63) is 36.5 Å². The van der Waals surface area contributed by atoms with E-state index in [1.807, 2.05) is 24.1 Å². The molecule has 2 aromatic heterocycles. The standard InChI is InChI=1S/C30H35N7O2S/c38-29-21-2-1-12-36(18-21)26-16-20(7-11-31-26)27-32-33-28(39-27)24-6-3-22(34-40-23-4-5-23)17-25(24)35-13-8-30(9-14-35)10-15-37(29)19-30/h3,6-7,11,16-17,21,23,34H,1-2,4-5,8-10,12-15,18-19H2. The average Bonchev–Trinajstić information content (AvgIpc) is 3.55. The summed E-state index contributed by atoms with van der Waals surface area (Å²) in [5.41, 5.74) is 4.27. The molecule has 1 aromatic carbocycles. The molecule has 40 heavy (non-hydrogen) atoms. The molecule has 9 bridgehead atoms. The van der Waals surface area contributed by atoms with Crippen molar-refractivity contribution in [3.63, 3.8) is 0 Å². The van der Waals surface area contributed by atoms with Crippen molar-refractivity contribution in [2.75, 3.05) is 53.8 Å². The molecule has 9 nitrogen and oxygen atoms in total. The molecule has 1 N–H and O–H groups in total. The van der Waals surface area contributed by atoms with Crippen LogP contribution in [-0.4, -0.2) is 70.5 Å². The lowest BCUT2D eigenvalue weighted by Gasteiger charge is -2.41. The van der Waals surface area contributed by atoms with Gasteiger partial charge < -0.3 is 23.8 Å². The number of amides is 1. The highest BCUT2D eigenvalue weighted by Crippen LogP contribution is 2.45. The number of hydrogen-bond donors (Lipinski definition) is 1. The van der Waals surface area contributed by atoms with Crippen LogP contribution in [0.1, 0.15) is 44.9 Å². The van der Waals surface area contributed by atoms with Crippen molar-refractivity contribution in [2.45, 2.75) is 50.2 Å². The Morgan fingerprint density at radius 3 is 2.60 bits per heavy atom. The molecule has 1 aliphatic carbocycles. The molecule has 208 valence electrons. The van der Waals surface area contributed by atoms with Crippen LogP contribution in [0.25, 0.3) is 22.9 Å². The van der Waals surface area contributed by atoms with Gasteiger partial charge in [-0.05, 0) is 92.6 Å². The molecule has 6 aliphatic rings. The first kappa shape index (κ1) is 24.5. The van der Waals surface area contributed by atoms with Crippen LogP contribution in [0, 0.1) is 11.3 Å². The molecule has 7 heterocycles. The van der Waals surface area contributed by atoms with Gasteiger partial charge in [-0.25, -0.2) is 4.98 Å². The monoisotopic (exact) mass is 557 g/mol. The highest BCUT2D eigenvalue weighted by Gasteiger charge is 2.44. The van der Waals surface area contributed by atoms with E-state index in [0.717, 1.165) is 98.4 Å². The van der Waals surface area contributed by atoms with E-state index in [2.05, 4.69) is 52.8 Å². The minimum Gasteiger partial charge on any atom is -0.416 e. The van der Waals surface area contributed by atoms with Crippen LogP contribution in [-0.2, 0) is 4.79 Å². The predicted molar refractivity (Wildman–Crippen MR) is 157 cm³/mol. The molecule has 3 aromatic rings. The first-order valence-electron chi connectivity index (χ1n) is 14.8. The van der Waals surface area contributed by atoms with Crippen molar-refractivity contribution in [2.24, 2.45) is 11.3 Å². The van der Waals surface area contributed by atoms with Gasteiger partial charge in [0.1, 0.15) is 5.82 Å². The van der Waals surface area contributed by atoms with Crippen LogP contribution >= 0.6 is 11.9 Å². The molecule has 1 spiro atoms. The summed E-state index contributed by atoms with van der Waals surface area (Å²) in [5, 5.41) is 9.70. The largest absolute Gasteiger partial charge is 0.416 e. The Hall–Kier alpha value is -3.27. The number of rotatable bonds is 3. The van der Waals surface area contributed by atoms with Gasteiger partial charge in [0, 0.05) is 62.0 Å². The minimum atomic E-state index is 0.0228. The summed E-state index contributed by atoms with van der Waals surface area (Å²) in [5.74, 6) is 2.25. The zero-order valence-corrected chi connectivity index (χ0v) is 23.5. The van der Waals surface area contributed by atoms with Gasteiger partial charge in [-0.2, -0.15) is 0 Å². The van der Waals surface area contributed by atoms with E-state index in [1.165, 1.54) is 12.8 Å². The molecule has 3 saturated heterocycles. The molecular formula is C30H35N7O2S.